The van der Waals surface area contributed by atoms with E-state index in [1.54, 1.807) is 7.11 Å². The molecule has 0 spiro atoms. The minimum absolute atomic E-state index is 0.156. The van der Waals surface area contributed by atoms with Gasteiger partial charge in [0.25, 0.3) is 0 Å². The van der Waals surface area contributed by atoms with Crippen LogP contribution in [0, 0.1) is 13.8 Å². The smallest absolute Gasteiger partial charge is 0.119 e. The van der Waals surface area contributed by atoms with Gasteiger partial charge in [-0.05, 0) is 54.6 Å². The van der Waals surface area contributed by atoms with Gasteiger partial charge in [-0.3, -0.25) is 0 Å². The summed E-state index contributed by atoms with van der Waals surface area (Å²) >= 11 is 0. The van der Waals surface area contributed by atoms with Gasteiger partial charge in [0.1, 0.15) is 11.9 Å². The molecule has 0 amide bonds. The minimum atomic E-state index is -1.00. The summed E-state index contributed by atoms with van der Waals surface area (Å²) in [5.41, 5.74) is 10.6. The van der Waals surface area contributed by atoms with Crippen LogP contribution in [0.2, 0.25) is 0 Å². The number of hydrogen-bond acceptors (Lipinski definition) is 4. The zero-order valence-electron chi connectivity index (χ0n) is 11.4. The molecule has 0 aliphatic rings. The van der Waals surface area contributed by atoms with Crippen molar-refractivity contribution in [3.63, 3.8) is 0 Å². The van der Waals surface area contributed by atoms with Gasteiger partial charge in [-0.2, -0.15) is 0 Å². The second-order valence-corrected chi connectivity index (χ2v) is 4.43. The molecule has 1 aromatic rings. The molecular weight excluding hydrogens is 246 g/mol. The second-order valence-electron chi connectivity index (χ2n) is 4.43. The Morgan fingerprint density at radius 3 is 2.37 bits per heavy atom. The average molecular weight is 265 g/mol. The predicted molar refractivity (Wildman–Crippen MR) is 72.1 cm³/mol. The van der Waals surface area contributed by atoms with Crippen molar-refractivity contribution in [2.75, 3.05) is 13.7 Å². The Bertz CT molecular complexity index is 461. The van der Waals surface area contributed by atoms with Gasteiger partial charge in [-0.25, -0.2) is 0 Å². The lowest BCUT2D eigenvalue weighted by Crippen LogP contribution is -2.21. The molecule has 6 heteroatoms. The standard InChI is InChI=1S/C13H19N3O3/c1-8-6-10(19-3)7-9(2)12(8)13(18)11(17)4-5-15-16-14/h6-7,11,13,17-18H,4-5H2,1-3H3. The third-order valence-electron chi connectivity index (χ3n) is 3.05. The van der Waals surface area contributed by atoms with E-state index >= 15 is 0 Å². The molecule has 0 aliphatic carbocycles. The van der Waals surface area contributed by atoms with Crippen LogP contribution in [0.4, 0.5) is 0 Å². The molecule has 1 rings (SSSR count). The van der Waals surface area contributed by atoms with E-state index in [2.05, 4.69) is 10.0 Å². The molecule has 0 radical (unpaired) electrons. The molecule has 2 unspecified atom stereocenters. The van der Waals surface area contributed by atoms with Crippen molar-refractivity contribution < 1.29 is 14.9 Å². The number of rotatable bonds is 6. The Labute approximate surface area is 112 Å². The van der Waals surface area contributed by atoms with Crippen LogP contribution in [0.25, 0.3) is 10.4 Å². The van der Waals surface area contributed by atoms with E-state index in [-0.39, 0.29) is 13.0 Å². The van der Waals surface area contributed by atoms with Crippen molar-refractivity contribution in [2.45, 2.75) is 32.5 Å². The molecule has 2 atom stereocenters. The molecule has 6 nitrogen and oxygen atoms in total. The fraction of sp³-hybridized carbons (Fsp3) is 0.538. The summed E-state index contributed by atoms with van der Waals surface area (Å²) in [5.74, 6) is 0.717. The van der Waals surface area contributed by atoms with E-state index in [1.807, 2.05) is 26.0 Å². The van der Waals surface area contributed by atoms with Gasteiger partial charge in [0, 0.05) is 11.5 Å². The highest BCUT2D eigenvalue weighted by Crippen LogP contribution is 2.29. The highest BCUT2D eigenvalue weighted by Gasteiger charge is 2.21. The fourth-order valence-electron chi connectivity index (χ4n) is 2.10. The van der Waals surface area contributed by atoms with Gasteiger partial charge in [0.05, 0.1) is 13.2 Å². The number of azide groups is 1. The third kappa shape index (κ3) is 3.86. The Morgan fingerprint density at radius 1 is 1.32 bits per heavy atom. The van der Waals surface area contributed by atoms with Gasteiger partial charge in [-0.15, -0.1) is 0 Å². The molecule has 0 aliphatic heterocycles. The molecule has 0 aromatic heterocycles. The number of nitrogens with zero attached hydrogens (tertiary/aromatic N) is 3. The first-order valence-electron chi connectivity index (χ1n) is 6.03. The Kier molecular flexibility index (Phi) is 5.63. The van der Waals surface area contributed by atoms with Crippen molar-refractivity contribution in [3.05, 3.63) is 39.3 Å². The Balaban J connectivity index is 2.92. The summed E-state index contributed by atoms with van der Waals surface area (Å²) in [6.07, 6.45) is -1.74. The van der Waals surface area contributed by atoms with Crippen molar-refractivity contribution in [3.8, 4) is 5.75 Å². The monoisotopic (exact) mass is 265 g/mol. The molecule has 0 heterocycles. The number of aliphatic hydroxyl groups excluding tert-OH is 2. The maximum Gasteiger partial charge on any atom is 0.119 e. The second kappa shape index (κ2) is 6.99. The van der Waals surface area contributed by atoms with Crippen LogP contribution in [0.3, 0.4) is 0 Å². The molecule has 0 saturated heterocycles. The lowest BCUT2D eigenvalue weighted by Gasteiger charge is -2.22. The van der Waals surface area contributed by atoms with Crippen LogP contribution in [0.1, 0.15) is 29.2 Å². The molecule has 104 valence electrons. The largest absolute Gasteiger partial charge is 0.497 e. The van der Waals surface area contributed by atoms with Crippen LogP contribution in [0.15, 0.2) is 17.2 Å². The average Bonchev–Trinajstić information content (AvgIpc) is 2.37. The van der Waals surface area contributed by atoms with Crippen LogP contribution in [0.5, 0.6) is 5.75 Å². The maximum absolute atomic E-state index is 10.2. The van der Waals surface area contributed by atoms with Crippen LogP contribution < -0.4 is 4.74 Å². The van der Waals surface area contributed by atoms with Crippen LogP contribution >= 0.6 is 0 Å². The lowest BCUT2D eigenvalue weighted by atomic mass is 9.93. The summed E-state index contributed by atoms with van der Waals surface area (Å²) in [4.78, 5) is 2.61. The van der Waals surface area contributed by atoms with E-state index in [9.17, 15) is 10.2 Å². The normalized spacial score (nSPS) is 13.5. The van der Waals surface area contributed by atoms with E-state index < -0.39 is 12.2 Å². The lowest BCUT2D eigenvalue weighted by molar-refractivity contribution is 0.0143. The van der Waals surface area contributed by atoms with Gasteiger partial charge in [-0.1, -0.05) is 5.11 Å². The summed E-state index contributed by atoms with van der Waals surface area (Å²) in [5, 5.41) is 23.4. The summed E-state index contributed by atoms with van der Waals surface area (Å²) in [7, 11) is 1.58. The van der Waals surface area contributed by atoms with E-state index in [1.165, 1.54) is 0 Å². The zero-order chi connectivity index (χ0) is 14.4. The Morgan fingerprint density at radius 2 is 1.89 bits per heavy atom. The molecule has 19 heavy (non-hydrogen) atoms. The van der Waals surface area contributed by atoms with Crippen molar-refractivity contribution >= 4 is 0 Å². The fourth-order valence-corrected chi connectivity index (χ4v) is 2.10. The third-order valence-corrected chi connectivity index (χ3v) is 3.05. The first-order valence-corrected chi connectivity index (χ1v) is 6.03. The van der Waals surface area contributed by atoms with Crippen LogP contribution in [-0.4, -0.2) is 30.0 Å². The van der Waals surface area contributed by atoms with E-state index in [0.717, 1.165) is 16.9 Å². The highest BCUT2D eigenvalue weighted by atomic mass is 16.5. The minimum Gasteiger partial charge on any atom is -0.497 e. The quantitative estimate of drug-likeness (QED) is 0.469. The number of aryl methyl sites for hydroxylation is 2. The number of ether oxygens (including phenoxy) is 1. The van der Waals surface area contributed by atoms with Crippen molar-refractivity contribution in [2.24, 2.45) is 5.11 Å². The topological polar surface area (TPSA) is 98.5 Å². The first kappa shape index (κ1) is 15.3. The van der Waals surface area contributed by atoms with E-state index in [4.69, 9.17) is 10.3 Å². The zero-order valence-corrected chi connectivity index (χ0v) is 11.4. The van der Waals surface area contributed by atoms with E-state index in [0.29, 0.717) is 5.56 Å². The van der Waals surface area contributed by atoms with Gasteiger partial charge >= 0.3 is 0 Å². The van der Waals surface area contributed by atoms with Crippen LogP contribution in [-0.2, 0) is 0 Å². The number of benzene rings is 1. The highest BCUT2D eigenvalue weighted by molar-refractivity contribution is 5.42. The van der Waals surface area contributed by atoms with Gasteiger partial charge < -0.3 is 14.9 Å². The molecular formula is C13H19N3O3. The van der Waals surface area contributed by atoms with Gasteiger partial charge in [0.2, 0.25) is 0 Å². The summed E-state index contributed by atoms with van der Waals surface area (Å²) in [6, 6.07) is 3.62. The maximum atomic E-state index is 10.2. The SMILES string of the molecule is COc1cc(C)c(C(O)C(O)CCN=[N+]=[N-])c(C)c1. The molecule has 0 fully saturated rings. The van der Waals surface area contributed by atoms with Crippen molar-refractivity contribution in [1.82, 2.24) is 0 Å². The number of methoxy groups -OCH3 is 1. The van der Waals surface area contributed by atoms with Gasteiger partial charge in [0.15, 0.2) is 0 Å². The summed E-state index contributed by atoms with van der Waals surface area (Å²) < 4.78 is 5.15. The number of hydrogen-bond donors (Lipinski definition) is 2. The molecule has 0 bridgehead atoms. The summed E-state index contributed by atoms with van der Waals surface area (Å²) in [6.45, 7) is 3.87. The molecule has 1 aromatic carbocycles. The predicted octanol–water partition coefficient (Wildman–Crippen LogP) is 2.41. The first-order chi connectivity index (χ1) is 9.01. The number of aliphatic hydroxyl groups is 2. The molecule has 2 N–H and O–H groups in total. The van der Waals surface area contributed by atoms with Crippen molar-refractivity contribution in [1.29, 1.82) is 0 Å². The Hall–Kier alpha value is -1.75. The molecule has 0 saturated carbocycles.